The van der Waals surface area contributed by atoms with Gasteiger partial charge >= 0.3 is 17.9 Å². The van der Waals surface area contributed by atoms with Crippen LogP contribution in [-0.4, -0.2) is 37.2 Å². The lowest BCUT2D eigenvalue weighted by atomic mass is 10.0. The highest BCUT2D eigenvalue weighted by molar-refractivity contribution is 5.97. The van der Waals surface area contributed by atoms with Crippen LogP contribution >= 0.6 is 0 Å². The van der Waals surface area contributed by atoms with Crippen molar-refractivity contribution < 1.29 is 29.0 Å². The van der Waals surface area contributed by atoms with Gasteiger partial charge in [-0.1, -0.05) is 6.58 Å². The molecule has 0 aromatic rings. The van der Waals surface area contributed by atoms with E-state index in [-0.39, 0.29) is 12.0 Å². The van der Waals surface area contributed by atoms with Crippen LogP contribution in [0.25, 0.3) is 0 Å². The van der Waals surface area contributed by atoms with Gasteiger partial charge in [0.1, 0.15) is 0 Å². The molecule has 0 aliphatic carbocycles. The Morgan fingerprint density at radius 1 is 1.20 bits per heavy atom. The molecule has 0 aromatic heterocycles. The minimum Gasteiger partial charge on any atom is -0.478 e. The molecular weight excluding hydrogens is 204 g/mol. The molecule has 15 heavy (non-hydrogen) atoms. The summed E-state index contributed by atoms with van der Waals surface area (Å²) in [6.07, 6.45) is -0.325. The van der Waals surface area contributed by atoms with Gasteiger partial charge in [-0.25, -0.2) is 4.79 Å². The first-order valence-corrected chi connectivity index (χ1v) is 4.00. The van der Waals surface area contributed by atoms with Gasteiger partial charge in [0.2, 0.25) is 0 Å². The van der Waals surface area contributed by atoms with Gasteiger partial charge in [0.05, 0.1) is 14.2 Å². The van der Waals surface area contributed by atoms with Crippen molar-refractivity contribution in [1.29, 1.82) is 0 Å². The van der Waals surface area contributed by atoms with E-state index >= 15 is 0 Å². The quantitative estimate of drug-likeness (QED) is 0.394. The molecule has 1 N–H and O–H groups in total. The minimum atomic E-state index is -1.27. The molecule has 0 heterocycles. The number of carbonyl (C=O) groups is 3. The van der Waals surface area contributed by atoms with Crippen LogP contribution in [0.3, 0.4) is 0 Å². The Labute approximate surface area is 86.5 Å². The lowest BCUT2D eigenvalue weighted by Gasteiger charge is -2.11. The molecule has 0 amide bonds. The number of ether oxygens (including phenoxy) is 2. The summed E-state index contributed by atoms with van der Waals surface area (Å²) in [4.78, 5) is 32.7. The van der Waals surface area contributed by atoms with Gasteiger partial charge in [-0.15, -0.1) is 0 Å². The van der Waals surface area contributed by atoms with E-state index in [1.165, 1.54) is 0 Å². The first-order chi connectivity index (χ1) is 6.93. The zero-order chi connectivity index (χ0) is 12.0. The number of carboxylic acid groups (broad SMARTS) is 1. The Kier molecular flexibility index (Phi) is 5.08. The van der Waals surface area contributed by atoms with E-state index in [1.54, 1.807) is 0 Å². The van der Waals surface area contributed by atoms with E-state index in [9.17, 15) is 14.4 Å². The molecule has 0 saturated heterocycles. The van der Waals surface area contributed by atoms with Crippen molar-refractivity contribution in [1.82, 2.24) is 0 Å². The standard InChI is InChI=1S/C9H12O6/c1-5(7(10)11)4-6(8(12)14-2)9(13)15-3/h6H,1,4H2,2-3H3,(H,10,11). The van der Waals surface area contributed by atoms with Gasteiger partial charge in [0.25, 0.3) is 0 Å². The van der Waals surface area contributed by atoms with Crippen LogP contribution in [0.15, 0.2) is 12.2 Å². The average Bonchev–Trinajstić information content (AvgIpc) is 2.23. The highest BCUT2D eigenvalue weighted by atomic mass is 16.5. The summed E-state index contributed by atoms with van der Waals surface area (Å²) in [5.41, 5.74) is -0.254. The summed E-state index contributed by atoms with van der Waals surface area (Å²) in [5.74, 6) is -4.23. The third-order valence-corrected chi connectivity index (χ3v) is 1.72. The SMILES string of the molecule is C=C(CC(C(=O)OC)C(=O)OC)C(=O)O. The number of esters is 2. The van der Waals surface area contributed by atoms with Gasteiger partial charge < -0.3 is 14.6 Å². The maximum atomic E-state index is 11.1. The van der Waals surface area contributed by atoms with Crippen molar-refractivity contribution in [2.45, 2.75) is 6.42 Å². The molecule has 0 aliphatic rings. The first kappa shape index (κ1) is 13.2. The fraction of sp³-hybridized carbons (Fsp3) is 0.444. The van der Waals surface area contributed by atoms with Crippen LogP contribution in [0, 0.1) is 5.92 Å². The van der Waals surface area contributed by atoms with E-state index in [1.807, 2.05) is 0 Å². The second-order valence-corrected chi connectivity index (χ2v) is 2.71. The smallest absolute Gasteiger partial charge is 0.330 e. The first-order valence-electron chi connectivity index (χ1n) is 4.00. The van der Waals surface area contributed by atoms with E-state index in [4.69, 9.17) is 5.11 Å². The molecule has 6 nitrogen and oxygen atoms in total. The number of hydrogen-bond donors (Lipinski definition) is 1. The van der Waals surface area contributed by atoms with Gasteiger partial charge in [-0.05, 0) is 0 Å². The number of carboxylic acids is 1. The molecule has 0 bridgehead atoms. The van der Waals surface area contributed by atoms with Gasteiger partial charge in [-0.2, -0.15) is 0 Å². The van der Waals surface area contributed by atoms with Crippen LogP contribution in [-0.2, 0) is 23.9 Å². The number of carbonyl (C=O) groups excluding carboxylic acids is 2. The Bertz CT molecular complexity index is 277. The predicted octanol–water partition coefficient (Wildman–Crippen LogP) is -0.0205. The molecule has 84 valence electrons. The lowest BCUT2D eigenvalue weighted by molar-refractivity contribution is -0.158. The topological polar surface area (TPSA) is 89.9 Å². The molecule has 0 aliphatic heterocycles. The van der Waals surface area contributed by atoms with Crippen LogP contribution < -0.4 is 0 Å². The summed E-state index contributed by atoms with van der Waals surface area (Å²) in [6, 6.07) is 0. The number of hydrogen-bond acceptors (Lipinski definition) is 5. The molecular formula is C9H12O6. The Hall–Kier alpha value is -1.85. The van der Waals surface area contributed by atoms with Crippen molar-refractivity contribution in [3.8, 4) is 0 Å². The zero-order valence-electron chi connectivity index (χ0n) is 8.48. The maximum Gasteiger partial charge on any atom is 0.330 e. The number of aliphatic carboxylic acids is 1. The van der Waals surface area contributed by atoms with Gasteiger partial charge in [0.15, 0.2) is 5.92 Å². The maximum absolute atomic E-state index is 11.1. The largest absolute Gasteiger partial charge is 0.478 e. The van der Waals surface area contributed by atoms with Gasteiger partial charge in [0, 0.05) is 12.0 Å². The van der Waals surface area contributed by atoms with E-state index in [0.29, 0.717) is 0 Å². The van der Waals surface area contributed by atoms with E-state index in [0.717, 1.165) is 14.2 Å². The molecule has 0 saturated carbocycles. The fourth-order valence-electron chi connectivity index (χ4n) is 0.881. The molecule has 0 radical (unpaired) electrons. The second kappa shape index (κ2) is 5.79. The van der Waals surface area contributed by atoms with Crippen molar-refractivity contribution in [2.24, 2.45) is 5.92 Å². The predicted molar refractivity (Wildman–Crippen MR) is 48.9 cm³/mol. The summed E-state index contributed by atoms with van der Waals surface area (Å²) in [7, 11) is 2.20. The van der Waals surface area contributed by atoms with Crippen LogP contribution in [0.5, 0.6) is 0 Å². The highest BCUT2D eigenvalue weighted by Gasteiger charge is 2.30. The Morgan fingerprint density at radius 2 is 1.60 bits per heavy atom. The molecule has 0 rings (SSSR count). The average molecular weight is 216 g/mol. The van der Waals surface area contributed by atoms with Gasteiger partial charge in [-0.3, -0.25) is 9.59 Å². The van der Waals surface area contributed by atoms with Crippen molar-refractivity contribution in [3.63, 3.8) is 0 Å². The number of methoxy groups -OCH3 is 2. The second-order valence-electron chi connectivity index (χ2n) is 2.71. The number of rotatable bonds is 5. The van der Waals surface area contributed by atoms with Crippen molar-refractivity contribution >= 4 is 17.9 Å². The summed E-state index contributed by atoms with van der Waals surface area (Å²) in [6.45, 7) is 3.21. The molecule has 0 atom stereocenters. The molecule has 0 fully saturated rings. The normalized spacial score (nSPS) is 9.53. The van der Waals surface area contributed by atoms with Crippen LogP contribution in [0.1, 0.15) is 6.42 Å². The zero-order valence-corrected chi connectivity index (χ0v) is 8.48. The lowest BCUT2D eigenvalue weighted by Crippen LogP contribution is -2.27. The summed E-state index contributed by atoms with van der Waals surface area (Å²) < 4.78 is 8.68. The van der Waals surface area contributed by atoms with E-state index < -0.39 is 23.8 Å². The summed E-state index contributed by atoms with van der Waals surface area (Å²) >= 11 is 0. The molecule has 0 unspecified atom stereocenters. The highest BCUT2D eigenvalue weighted by Crippen LogP contribution is 2.14. The monoisotopic (exact) mass is 216 g/mol. The fourth-order valence-corrected chi connectivity index (χ4v) is 0.881. The summed E-state index contributed by atoms with van der Waals surface area (Å²) in [5, 5.41) is 8.54. The van der Waals surface area contributed by atoms with Crippen molar-refractivity contribution in [3.05, 3.63) is 12.2 Å². The third kappa shape index (κ3) is 3.80. The molecule has 6 heteroatoms. The Morgan fingerprint density at radius 3 is 1.87 bits per heavy atom. The Balaban J connectivity index is 4.66. The molecule has 0 aromatic carbocycles. The van der Waals surface area contributed by atoms with E-state index in [2.05, 4.69) is 16.1 Å². The van der Waals surface area contributed by atoms with Crippen LogP contribution in [0.4, 0.5) is 0 Å². The van der Waals surface area contributed by atoms with Crippen molar-refractivity contribution in [2.75, 3.05) is 14.2 Å². The third-order valence-electron chi connectivity index (χ3n) is 1.72. The minimum absolute atomic E-state index is 0.254. The molecule has 0 spiro atoms. The van der Waals surface area contributed by atoms with Crippen LogP contribution in [0.2, 0.25) is 0 Å².